The first kappa shape index (κ1) is 21.1. The van der Waals surface area contributed by atoms with Crippen molar-refractivity contribution in [2.75, 3.05) is 5.75 Å². The SMILES string of the molecule is [C-]#[N+]c1ccc(/C(F)=C/c2ccc(F)c([C@]3(C)CS(=O)(=O)C4(CCC4)C(N)=N3)c2)nc1. The fraction of sp³-hybridized carbons (Fsp3) is 0.318. The molecule has 6 nitrogen and oxygen atoms in total. The summed E-state index contributed by atoms with van der Waals surface area (Å²) in [6, 6.07) is 6.74. The standard InChI is InChI=1S/C22H20F2N4O2S/c1-21(13-31(29,30)22(8-3-9-22)20(25)28-21)16-10-14(4-6-17(16)23)11-18(24)19-7-5-15(26-2)12-27-19/h4-7,10-12H,3,8-9,13H2,1H3,(H2,25,28)/b18-11-/t21-/m0/s1. The Kier molecular flexibility index (Phi) is 4.93. The maximum Gasteiger partial charge on any atom is 0.205 e. The van der Waals surface area contributed by atoms with Gasteiger partial charge in [-0.3, -0.25) is 9.98 Å². The lowest BCUT2D eigenvalue weighted by Crippen LogP contribution is -2.61. The Morgan fingerprint density at radius 1 is 1.29 bits per heavy atom. The zero-order valence-corrected chi connectivity index (χ0v) is 17.6. The Balaban J connectivity index is 1.74. The summed E-state index contributed by atoms with van der Waals surface area (Å²) < 4.78 is 54.3. The summed E-state index contributed by atoms with van der Waals surface area (Å²) in [5, 5.41) is 0. The third kappa shape index (κ3) is 3.41. The number of hydrogen-bond acceptors (Lipinski definition) is 5. The largest absolute Gasteiger partial charge is 0.386 e. The molecule has 1 spiro atoms. The van der Waals surface area contributed by atoms with Crippen molar-refractivity contribution in [3.8, 4) is 0 Å². The number of aromatic nitrogens is 1. The van der Waals surface area contributed by atoms with Crippen LogP contribution in [0.4, 0.5) is 14.5 Å². The Hall–Kier alpha value is -3.12. The van der Waals surface area contributed by atoms with Crippen molar-refractivity contribution in [3.05, 3.63) is 70.6 Å². The molecule has 1 aromatic carbocycles. The normalized spacial score (nSPS) is 24.2. The van der Waals surface area contributed by atoms with Crippen LogP contribution in [-0.2, 0) is 15.4 Å². The molecule has 1 aliphatic carbocycles. The lowest BCUT2D eigenvalue weighted by molar-refractivity contribution is 0.388. The molecule has 4 rings (SSSR count). The highest BCUT2D eigenvalue weighted by Crippen LogP contribution is 2.47. The molecule has 9 heteroatoms. The molecule has 0 unspecified atom stereocenters. The molecule has 1 saturated carbocycles. The van der Waals surface area contributed by atoms with Crippen LogP contribution in [0.5, 0.6) is 0 Å². The van der Waals surface area contributed by atoms with Crippen LogP contribution in [0.1, 0.15) is 43.0 Å². The predicted molar refractivity (Wildman–Crippen MR) is 115 cm³/mol. The van der Waals surface area contributed by atoms with Gasteiger partial charge in [0.2, 0.25) is 5.69 Å². The van der Waals surface area contributed by atoms with Crippen molar-refractivity contribution < 1.29 is 17.2 Å². The molecule has 0 amide bonds. The quantitative estimate of drug-likeness (QED) is 0.723. The van der Waals surface area contributed by atoms with E-state index in [4.69, 9.17) is 12.3 Å². The van der Waals surface area contributed by atoms with Crippen LogP contribution in [0.25, 0.3) is 16.7 Å². The van der Waals surface area contributed by atoms with Gasteiger partial charge in [0.25, 0.3) is 0 Å². The van der Waals surface area contributed by atoms with Gasteiger partial charge in [0.1, 0.15) is 27.8 Å². The molecule has 2 aliphatic rings. The summed E-state index contributed by atoms with van der Waals surface area (Å²) in [6.45, 7) is 8.45. The van der Waals surface area contributed by atoms with Crippen LogP contribution >= 0.6 is 0 Å². The molecule has 0 radical (unpaired) electrons. The first-order chi connectivity index (χ1) is 14.6. The summed E-state index contributed by atoms with van der Waals surface area (Å²) in [4.78, 5) is 11.5. The number of amidine groups is 1. The highest BCUT2D eigenvalue weighted by atomic mass is 32.2. The molecule has 1 fully saturated rings. The summed E-state index contributed by atoms with van der Waals surface area (Å²) in [5.41, 5.74) is 5.33. The number of nitrogens with two attached hydrogens (primary N) is 1. The fourth-order valence-electron chi connectivity index (χ4n) is 4.13. The summed E-state index contributed by atoms with van der Waals surface area (Å²) >= 11 is 0. The maximum atomic E-state index is 14.8. The predicted octanol–water partition coefficient (Wildman–Crippen LogP) is 4.16. The highest BCUT2D eigenvalue weighted by Gasteiger charge is 2.58. The zero-order chi connectivity index (χ0) is 22.4. The van der Waals surface area contributed by atoms with Gasteiger partial charge in [0, 0.05) is 11.8 Å². The molecule has 2 aromatic rings. The van der Waals surface area contributed by atoms with Crippen LogP contribution in [0.2, 0.25) is 0 Å². The van der Waals surface area contributed by atoms with E-state index in [9.17, 15) is 17.2 Å². The van der Waals surface area contributed by atoms with E-state index in [0.717, 1.165) is 12.5 Å². The van der Waals surface area contributed by atoms with Crippen LogP contribution in [-0.4, -0.2) is 29.7 Å². The van der Waals surface area contributed by atoms with Crippen molar-refractivity contribution in [1.82, 2.24) is 4.98 Å². The van der Waals surface area contributed by atoms with E-state index in [2.05, 4.69) is 14.8 Å². The van der Waals surface area contributed by atoms with Gasteiger partial charge in [-0.25, -0.2) is 22.0 Å². The van der Waals surface area contributed by atoms with E-state index in [1.807, 2.05) is 0 Å². The van der Waals surface area contributed by atoms with Gasteiger partial charge in [0.05, 0.1) is 18.0 Å². The molecule has 160 valence electrons. The molecule has 1 aromatic heterocycles. The van der Waals surface area contributed by atoms with E-state index in [1.54, 1.807) is 0 Å². The first-order valence-electron chi connectivity index (χ1n) is 9.69. The topological polar surface area (TPSA) is 89.8 Å². The Morgan fingerprint density at radius 3 is 2.58 bits per heavy atom. The van der Waals surface area contributed by atoms with Gasteiger partial charge < -0.3 is 5.73 Å². The van der Waals surface area contributed by atoms with Crippen LogP contribution in [0, 0.1) is 12.4 Å². The Labute approximate surface area is 179 Å². The van der Waals surface area contributed by atoms with E-state index < -0.39 is 31.8 Å². The smallest absolute Gasteiger partial charge is 0.205 e. The number of nitrogens with zero attached hydrogens (tertiary/aromatic N) is 3. The minimum atomic E-state index is -3.64. The minimum Gasteiger partial charge on any atom is -0.386 e. The summed E-state index contributed by atoms with van der Waals surface area (Å²) in [7, 11) is -3.64. The number of benzene rings is 1. The molecule has 1 aliphatic heterocycles. The van der Waals surface area contributed by atoms with Gasteiger partial charge in [0.15, 0.2) is 9.84 Å². The summed E-state index contributed by atoms with van der Waals surface area (Å²) in [5.74, 6) is -1.67. The second-order valence-electron chi connectivity index (χ2n) is 8.12. The van der Waals surface area contributed by atoms with Crippen molar-refractivity contribution in [2.45, 2.75) is 36.5 Å². The molecule has 1 atom stereocenters. The lowest BCUT2D eigenvalue weighted by atomic mass is 9.82. The third-order valence-corrected chi connectivity index (χ3v) is 8.80. The van der Waals surface area contributed by atoms with Crippen LogP contribution in [0.15, 0.2) is 41.5 Å². The van der Waals surface area contributed by atoms with Gasteiger partial charge in [-0.2, -0.15) is 0 Å². The number of pyridine rings is 1. The van der Waals surface area contributed by atoms with E-state index in [0.29, 0.717) is 18.4 Å². The van der Waals surface area contributed by atoms with E-state index in [1.165, 1.54) is 43.5 Å². The second-order valence-corrected chi connectivity index (χ2v) is 10.4. The fourth-order valence-corrected chi connectivity index (χ4v) is 6.64. The van der Waals surface area contributed by atoms with Gasteiger partial charge >= 0.3 is 0 Å². The highest BCUT2D eigenvalue weighted by molar-refractivity contribution is 7.93. The molecule has 0 saturated heterocycles. The molecular formula is C22H20F2N4O2S. The Bertz CT molecular complexity index is 1260. The van der Waals surface area contributed by atoms with Gasteiger partial charge in [-0.15, -0.1) is 0 Å². The van der Waals surface area contributed by atoms with Crippen molar-refractivity contribution in [2.24, 2.45) is 10.7 Å². The minimum absolute atomic E-state index is 0.0168. The van der Waals surface area contributed by atoms with Crippen LogP contribution < -0.4 is 5.73 Å². The monoisotopic (exact) mass is 442 g/mol. The average Bonchev–Trinajstić information content (AvgIpc) is 2.67. The van der Waals surface area contributed by atoms with E-state index >= 15 is 0 Å². The van der Waals surface area contributed by atoms with Gasteiger partial charge in [-0.05, 0) is 56.0 Å². The lowest BCUT2D eigenvalue weighted by Gasteiger charge is -2.46. The van der Waals surface area contributed by atoms with E-state index in [-0.39, 0.29) is 28.5 Å². The van der Waals surface area contributed by atoms with Crippen molar-refractivity contribution in [3.63, 3.8) is 0 Å². The first-order valence-corrected chi connectivity index (χ1v) is 11.3. The zero-order valence-electron chi connectivity index (χ0n) is 16.8. The molecule has 31 heavy (non-hydrogen) atoms. The number of rotatable bonds is 3. The molecule has 2 N–H and O–H groups in total. The number of sulfone groups is 1. The van der Waals surface area contributed by atoms with Crippen LogP contribution in [0.3, 0.4) is 0 Å². The summed E-state index contributed by atoms with van der Waals surface area (Å²) in [6.07, 6.45) is 4.04. The second kappa shape index (κ2) is 7.24. The maximum absolute atomic E-state index is 14.8. The van der Waals surface area contributed by atoms with Crippen molar-refractivity contribution in [1.29, 1.82) is 0 Å². The molecular weight excluding hydrogens is 422 g/mol. The Morgan fingerprint density at radius 2 is 2.03 bits per heavy atom. The molecule has 2 heterocycles. The number of hydrogen-bond donors (Lipinski definition) is 1. The van der Waals surface area contributed by atoms with Crippen molar-refractivity contribution >= 4 is 33.3 Å². The number of aliphatic imine (C=N–C) groups is 1. The number of halogens is 2. The third-order valence-electron chi connectivity index (χ3n) is 6.05. The van der Waals surface area contributed by atoms with Gasteiger partial charge in [-0.1, -0.05) is 12.1 Å². The average molecular weight is 442 g/mol. The molecule has 0 bridgehead atoms.